The van der Waals surface area contributed by atoms with E-state index in [0.29, 0.717) is 19.3 Å². The Bertz CT molecular complexity index is 1140. The molecule has 0 saturated carbocycles. The van der Waals surface area contributed by atoms with Crippen LogP contribution in [0.1, 0.15) is 233 Å². The SMILES string of the molecule is CCCCC\C=C/C=C\C=C/C=C\CCCCCCCC(=O)OCC(COC(=O)CCCCCCCCCCC)OC(=O)CCCCCCCC/C=C\C=C/CCCCC. The maximum absolute atomic E-state index is 12.8. The third-order valence-electron chi connectivity index (χ3n) is 10.6. The molecule has 0 N–H and O–H groups in total. The summed E-state index contributed by atoms with van der Waals surface area (Å²) in [5.74, 6) is -0.926. The van der Waals surface area contributed by atoms with Crippen molar-refractivity contribution < 1.29 is 28.6 Å². The maximum atomic E-state index is 12.8. The first-order valence-electron chi connectivity index (χ1n) is 25.0. The maximum Gasteiger partial charge on any atom is 0.306 e. The first kappa shape index (κ1) is 56.9. The van der Waals surface area contributed by atoms with E-state index < -0.39 is 6.10 Å². The first-order valence-corrected chi connectivity index (χ1v) is 25.0. The lowest BCUT2D eigenvalue weighted by Gasteiger charge is -2.18. The van der Waals surface area contributed by atoms with Gasteiger partial charge in [-0.15, -0.1) is 0 Å². The molecule has 0 amide bonds. The monoisotopic (exact) mass is 837 g/mol. The lowest BCUT2D eigenvalue weighted by atomic mass is 10.1. The van der Waals surface area contributed by atoms with Crippen molar-refractivity contribution in [1.29, 1.82) is 0 Å². The lowest BCUT2D eigenvalue weighted by Crippen LogP contribution is -2.30. The van der Waals surface area contributed by atoms with Crippen LogP contribution in [0.2, 0.25) is 0 Å². The summed E-state index contributed by atoms with van der Waals surface area (Å²) in [7, 11) is 0. The number of rotatable bonds is 44. The van der Waals surface area contributed by atoms with Gasteiger partial charge in [-0.1, -0.05) is 216 Å². The molecule has 0 heterocycles. The van der Waals surface area contributed by atoms with E-state index >= 15 is 0 Å². The number of ether oxygens (including phenoxy) is 3. The molecule has 1 unspecified atom stereocenters. The van der Waals surface area contributed by atoms with Crippen LogP contribution in [-0.4, -0.2) is 37.2 Å². The van der Waals surface area contributed by atoms with Crippen LogP contribution in [0.15, 0.2) is 72.9 Å². The summed E-state index contributed by atoms with van der Waals surface area (Å²) in [5.41, 5.74) is 0. The minimum absolute atomic E-state index is 0.0874. The highest BCUT2D eigenvalue weighted by molar-refractivity contribution is 5.71. The van der Waals surface area contributed by atoms with Gasteiger partial charge in [-0.05, 0) is 70.6 Å². The Kier molecular flexibility index (Phi) is 46.0. The molecular formula is C54H92O6. The van der Waals surface area contributed by atoms with Crippen LogP contribution in [0.5, 0.6) is 0 Å². The minimum Gasteiger partial charge on any atom is -0.462 e. The molecule has 1 atom stereocenters. The zero-order chi connectivity index (χ0) is 43.7. The quantitative estimate of drug-likeness (QED) is 0.0263. The van der Waals surface area contributed by atoms with E-state index in [0.717, 1.165) is 96.3 Å². The molecule has 60 heavy (non-hydrogen) atoms. The Morgan fingerprint density at radius 2 is 0.600 bits per heavy atom. The fourth-order valence-electron chi connectivity index (χ4n) is 6.74. The fraction of sp³-hybridized carbons (Fsp3) is 0.722. The minimum atomic E-state index is -0.788. The molecule has 6 heteroatoms. The fourth-order valence-corrected chi connectivity index (χ4v) is 6.74. The van der Waals surface area contributed by atoms with Crippen LogP contribution in [0.25, 0.3) is 0 Å². The second-order valence-corrected chi connectivity index (χ2v) is 16.5. The summed E-state index contributed by atoms with van der Waals surface area (Å²) in [6.07, 6.45) is 60.2. The Morgan fingerprint density at radius 1 is 0.333 bits per heavy atom. The van der Waals surface area contributed by atoms with Gasteiger partial charge < -0.3 is 14.2 Å². The van der Waals surface area contributed by atoms with E-state index in [1.807, 2.05) is 0 Å². The number of carbonyl (C=O) groups excluding carboxylic acids is 3. The topological polar surface area (TPSA) is 78.9 Å². The van der Waals surface area contributed by atoms with Gasteiger partial charge in [0.1, 0.15) is 13.2 Å². The van der Waals surface area contributed by atoms with E-state index in [1.165, 1.54) is 96.3 Å². The smallest absolute Gasteiger partial charge is 0.306 e. The normalized spacial score (nSPS) is 12.7. The average molecular weight is 837 g/mol. The van der Waals surface area contributed by atoms with Gasteiger partial charge >= 0.3 is 17.9 Å². The third-order valence-corrected chi connectivity index (χ3v) is 10.6. The van der Waals surface area contributed by atoms with Crippen molar-refractivity contribution in [2.24, 2.45) is 0 Å². The molecule has 0 rings (SSSR count). The van der Waals surface area contributed by atoms with Gasteiger partial charge in [-0.25, -0.2) is 0 Å². The predicted molar refractivity (Wildman–Crippen MR) is 256 cm³/mol. The van der Waals surface area contributed by atoms with Crippen molar-refractivity contribution >= 4 is 17.9 Å². The molecule has 0 bridgehead atoms. The zero-order valence-corrected chi connectivity index (χ0v) is 39.2. The highest BCUT2D eigenvalue weighted by atomic mass is 16.6. The van der Waals surface area contributed by atoms with Crippen LogP contribution < -0.4 is 0 Å². The molecule has 0 aliphatic heterocycles. The van der Waals surface area contributed by atoms with Crippen LogP contribution in [0.3, 0.4) is 0 Å². The second kappa shape index (κ2) is 48.5. The van der Waals surface area contributed by atoms with E-state index in [9.17, 15) is 14.4 Å². The van der Waals surface area contributed by atoms with Crippen LogP contribution in [0, 0.1) is 0 Å². The number of carbonyl (C=O) groups is 3. The summed E-state index contributed by atoms with van der Waals surface area (Å²) >= 11 is 0. The van der Waals surface area contributed by atoms with E-state index in [1.54, 1.807) is 0 Å². The molecule has 0 radical (unpaired) electrons. The summed E-state index contributed by atoms with van der Waals surface area (Å²) in [4.78, 5) is 37.8. The molecule has 0 spiro atoms. The van der Waals surface area contributed by atoms with Crippen LogP contribution >= 0.6 is 0 Å². The largest absolute Gasteiger partial charge is 0.462 e. The Morgan fingerprint density at radius 3 is 0.983 bits per heavy atom. The predicted octanol–water partition coefficient (Wildman–Crippen LogP) is 16.3. The van der Waals surface area contributed by atoms with Gasteiger partial charge in [-0.3, -0.25) is 14.4 Å². The number of hydrogen-bond acceptors (Lipinski definition) is 6. The molecular weight excluding hydrogens is 745 g/mol. The zero-order valence-electron chi connectivity index (χ0n) is 39.2. The summed E-state index contributed by atoms with van der Waals surface area (Å²) in [6, 6.07) is 0. The average Bonchev–Trinajstić information content (AvgIpc) is 3.24. The van der Waals surface area contributed by atoms with Gasteiger partial charge in [0.25, 0.3) is 0 Å². The standard InChI is InChI=1S/C54H92O6/c1-4-7-10-13-16-19-21-23-25-26-27-29-30-32-35-38-41-44-47-53(56)59-50-51(49-58-52(55)46-43-40-37-34-18-15-12-9-6-3)60-54(57)48-45-42-39-36-33-31-28-24-22-20-17-14-11-8-5-2/h16-17,19-27,29,51H,4-15,18,28,30-50H2,1-3H3/b19-16-,20-17-,23-21-,24-22-,26-25-,29-27-. The number of unbranched alkanes of at least 4 members (excludes halogenated alkanes) is 25. The summed E-state index contributed by atoms with van der Waals surface area (Å²) in [5, 5.41) is 0. The molecule has 0 aliphatic rings. The van der Waals surface area contributed by atoms with Crippen molar-refractivity contribution in [2.75, 3.05) is 13.2 Å². The summed E-state index contributed by atoms with van der Waals surface area (Å²) < 4.78 is 16.7. The van der Waals surface area contributed by atoms with E-state index in [-0.39, 0.29) is 31.1 Å². The molecule has 0 aliphatic carbocycles. The third kappa shape index (κ3) is 45.9. The molecule has 0 saturated heterocycles. The molecule has 0 fully saturated rings. The van der Waals surface area contributed by atoms with Crippen molar-refractivity contribution in [2.45, 2.75) is 239 Å². The molecule has 0 aromatic rings. The van der Waals surface area contributed by atoms with Crippen molar-refractivity contribution in [3.63, 3.8) is 0 Å². The highest BCUT2D eigenvalue weighted by Crippen LogP contribution is 2.14. The Balaban J connectivity index is 4.41. The van der Waals surface area contributed by atoms with Gasteiger partial charge in [0.2, 0.25) is 0 Å². The van der Waals surface area contributed by atoms with Gasteiger partial charge in [0.05, 0.1) is 0 Å². The van der Waals surface area contributed by atoms with E-state index in [4.69, 9.17) is 14.2 Å². The van der Waals surface area contributed by atoms with Gasteiger partial charge in [0, 0.05) is 19.3 Å². The Hall–Kier alpha value is -3.15. The first-order chi connectivity index (χ1) is 29.5. The molecule has 6 nitrogen and oxygen atoms in total. The highest BCUT2D eigenvalue weighted by Gasteiger charge is 2.19. The Labute approximate surface area is 370 Å². The molecule has 344 valence electrons. The number of esters is 3. The lowest BCUT2D eigenvalue weighted by molar-refractivity contribution is -0.167. The number of hydrogen-bond donors (Lipinski definition) is 0. The molecule has 0 aromatic heterocycles. The second-order valence-electron chi connectivity index (χ2n) is 16.5. The number of allylic oxidation sites excluding steroid dienone is 12. The van der Waals surface area contributed by atoms with Gasteiger partial charge in [-0.2, -0.15) is 0 Å². The van der Waals surface area contributed by atoms with Crippen LogP contribution in [-0.2, 0) is 28.6 Å². The summed E-state index contributed by atoms with van der Waals surface area (Å²) in [6.45, 7) is 6.51. The van der Waals surface area contributed by atoms with Crippen molar-refractivity contribution in [3.05, 3.63) is 72.9 Å². The van der Waals surface area contributed by atoms with Gasteiger partial charge in [0.15, 0.2) is 6.10 Å². The van der Waals surface area contributed by atoms with E-state index in [2.05, 4.69) is 93.7 Å². The molecule has 0 aromatic carbocycles. The van der Waals surface area contributed by atoms with Crippen LogP contribution in [0.4, 0.5) is 0 Å². The van der Waals surface area contributed by atoms with Crippen molar-refractivity contribution in [3.8, 4) is 0 Å². The van der Waals surface area contributed by atoms with Crippen molar-refractivity contribution in [1.82, 2.24) is 0 Å².